The van der Waals surface area contributed by atoms with Gasteiger partial charge in [-0.3, -0.25) is 29.1 Å². The summed E-state index contributed by atoms with van der Waals surface area (Å²) in [6.07, 6.45) is 25.1. The summed E-state index contributed by atoms with van der Waals surface area (Å²) in [5.41, 5.74) is 10.8. The lowest BCUT2D eigenvalue weighted by molar-refractivity contribution is -0.144. The van der Waals surface area contributed by atoms with E-state index in [2.05, 4.69) is 52.3 Å². The number of carboxylic acids is 3. The zero-order valence-electron chi connectivity index (χ0n) is 64.4. The Morgan fingerprint density at radius 2 is 0.802 bits per heavy atom. The van der Waals surface area contributed by atoms with Crippen molar-refractivity contribution in [3.05, 3.63) is 176 Å². The largest absolute Gasteiger partial charge is 0.480 e. The Balaban J connectivity index is 0.000000146. The molecule has 6 saturated heterocycles. The summed E-state index contributed by atoms with van der Waals surface area (Å²) in [5.74, 6) is -0.955. The van der Waals surface area contributed by atoms with Gasteiger partial charge in [-0.1, -0.05) is 42.5 Å². The number of carbonyl (C=O) groups is 3. The van der Waals surface area contributed by atoms with Crippen LogP contribution in [-0.2, 0) is 81.3 Å². The first-order chi connectivity index (χ1) is 54.3. The molecule has 0 spiro atoms. The maximum Gasteiger partial charge on any atom is 0.325 e. The second kappa shape index (κ2) is 40.9. The molecule has 0 aliphatic carbocycles. The standard InChI is InChI=1S/3C29H38FN3O4/c30-24-10-5-9-23(25-11-2-4-18-37-25)26(24)27(29(34)35)33-16-14-22(19-33)36-17-3-1-8-21-13-12-20-7-6-15-31-28(20)32-21;2*30-21-10-12-24(25(18-21)26-8-2-4-17-37-26)27(29(34)35)33-15-13-23(19-33)36-16-3-1-7-22-11-9-20-6-5-14-31-28(20)32-22/h5,9-10,12-13,22,25,27H,1-4,6-8,11,14-19H2,(H,31,32)(H,34,35);2*9-12,18,23,26-27H,1-8,13-17,19H2,(H,31,32)(H,34,35)/t22-,25?,27-;23-,26?,27+;23-,26?,27-/m111/s1. The van der Waals surface area contributed by atoms with E-state index in [1.807, 2.05) is 20.8 Å². The number of nitrogens with zero attached hydrogens (tertiary/aromatic N) is 6. The van der Waals surface area contributed by atoms with E-state index in [1.54, 1.807) is 18.2 Å². The molecule has 0 bridgehead atoms. The molecule has 15 rings (SSSR count). The van der Waals surface area contributed by atoms with Crippen molar-refractivity contribution in [2.75, 3.05) is 114 Å². The number of aromatic nitrogens is 3. The average molecular weight is 1530 g/mol. The molecule has 9 aliphatic rings. The zero-order chi connectivity index (χ0) is 76.8. The van der Waals surface area contributed by atoms with Crippen molar-refractivity contribution >= 4 is 35.4 Å². The Morgan fingerprint density at radius 3 is 1.16 bits per heavy atom. The number of hydrogen-bond acceptors (Lipinski definition) is 18. The van der Waals surface area contributed by atoms with E-state index in [-0.39, 0.29) is 53.8 Å². The number of hydrogen-bond donors (Lipinski definition) is 6. The third kappa shape index (κ3) is 22.2. The summed E-state index contributed by atoms with van der Waals surface area (Å²) < 4.78 is 79.5. The summed E-state index contributed by atoms with van der Waals surface area (Å²) >= 11 is 0. The van der Waals surface area contributed by atoms with Crippen LogP contribution < -0.4 is 16.0 Å². The maximum atomic E-state index is 15.1. The first kappa shape index (κ1) is 81.4. The van der Waals surface area contributed by atoms with Gasteiger partial charge in [-0.2, -0.15) is 0 Å². The lowest BCUT2D eigenvalue weighted by Gasteiger charge is -2.30. The Bertz CT molecular complexity index is 3840. The number of aliphatic carboxylic acids is 3. The molecule has 9 aliphatic heterocycles. The van der Waals surface area contributed by atoms with Gasteiger partial charge in [-0.25, -0.2) is 28.1 Å². The second-order valence-corrected chi connectivity index (χ2v) is 31.3. The molecule has 111 heavy (non-hydrogen) atoms. The van der Waals surface area contributed by atoms with E-state index in [0.29, 0.717) is 107 Å². The number of pyridine rings is 3. The van der Waals surface area contributed by atoms with Crippen molar-refractivity contribution in [3.63, 3.8) is 0 Å². The van der Waals surface area contributed by atoms with Crippen LogP contribution in [0.4, 0.5) is 30.6 Å². The van der Waals surface area contributed by atoms with Crippen molar-refractivity contribution < 1.29 is 71.3 Å². The molecule has 6 N–H and O–H groups in total. The van der Waals surface area contributed by atoms with Crippen LogP contribution in [0.1, 0.15) is 238 Å². The highest BCUT2D eigenvalue weighted by molar-refractivity contribution is 5.78. The first-order valence-electron chi connectivity index (χ1n) is 41.4. The molecule has 600 valence electrons. The number of benzene rings is 3. The topological polar surface area (TPSA) is 252 Å². The Morgan fingerprint density at radius 1 is 0.432 bits per heavy atom. The van der Waals surface area contributed by atoms with Crippen molar-refractivity contribution in [1.82, 2.24) is 29.7 Å². The van der Waals surface area contributed by atoms with Crippen molar-refractivity contribution in [1.29, 1.82) is 0 Å². The normalized spacial score (nSPS) is 22.8. The molecule has 3 aromatic heterocycles. The molecule has 0 amide bonds. The summed E-state index contributed by atoms with van der Waals surface area (Å²) in [7, 11) is 0. The predicted molar refractivity (Wildman–Crippen MR) is 418 cm³/mol. The van der Waals surface area contributed by atoms with Gasteiger partial charge in [0.15, 0.2) is 0 Å². The number of ether oxygens (including phenoxy) is 6. The SMILES string of the molecule is O=C(O)[C@@H](c1c(F)cccc1C1CCCCO1)N1CC[C@@H](OCCCCc2ccc3c(n2)NCCC3)C1.O=C(O)[C@@H](c1ccc(F)cc1C1CCCCO1)N1CC[C@@H](OCCCCc2ccc3c(n2)NCCC3)C1.O=C(O)[C@H](c1ccc(F)cc1C1CCCCO1)N1CC[C@@H](OCCCCc2ccc3c(n2)NCCC3)C1. The summed E-state index contributed by atoms with van der Waals surface area (Å²) in [5, 5.41) is 40.7. The Hall–Kier alpha value is -7.65. The molecule has 21 nitrogen and oxygen atoms in total. The van der Waals surface area contributed by atoms with Crippen LogP contribution in [0.3, 0.4) is 0 Å². The lowest BCUT2D eigenvalue weighted by atomic mass is 9.91. The quantitative estimate of drug-likeness (QED) is 0.0229. The van der Waals surface area contributed by atoms with E-state index in [1.165, 1.54) is 47.0 Å². The zero-order valence-corrected chi connectivity index (χ0v) is 64.4. The van der Waals surface area contributed by atoms with Crippen LogP contribution in [-0.4, -0.2) is 180 Å². The van der Waals surface area contributed by atoms with E-state index in [0.717, 1.165) is 228 Å². The first-order valence-corrected chi connectivity index (χ1v) is 41.4. The van der Waals surface area contributed by atoms with Gasteiger partial charge in [0.25, 0.3) is 0 Å². The number of unbranched alkanes of at least 4 members (excludes halogenated alkanes) is 3. The highest BCUT2D eigenvalue weighted by Gasteiger charge is 2.41. The fourth-order valence-corrected chi connectivity index (χ4v) is 17.5. The molecule has 0 radical (unpaired) electrons. The number of nitrogens with one attached hydrogen (secondary N) is 3. The molecular formula is C87H114F3N9O12. The molecule has 6 aromatic rings. The van der Waals surface area contributed by atoms with Crippen LogP contribution in [0.25, 0.3) is 0 Å². The monoisotopic (exact) mass is 1530 g/mol. The fraction of sp³-hybridized carbons (Fsp3) is 0.586. The van der Waals surface area contributed by atoms with Gasteiger partial charge in [-0.05, 0) is 266 Å². The minimum Gasteiger partial charge on any atom is -0.480 e. The molecule has 3 aromatic carbocycles. The van der Waals surface area contributed by atoms with E-state index >= 15 is 4.39 Å². The molecular weight excluding hydrogens is 1420 g/mol. The van der Waals surface area contributed by atoms with Gasteiger partial charge in [-0.15, -0.1) is 0 Å². The van der Waals surface area contributed by atoms with Crippen LogP contribution in [0, 0.1) is 17.5 Å². The van der Waals surface area contributed by atoms with Gasteiger partial charge < -0.3 is 59.7 Å². The lowest BCUT2D eigenvalue weighted by Crippen LogP contribution is -2.35. The average Bonchev–Trinajstić information content (AvgIpc) is 1.77. The van der Waals surface area contributed by atoms with E-state index in [4.69, 9.17) is 43.4 Å². The number of likely N-dealkylation sites (tertiary alicyclic amines) is 3. The van der Waals surface area contributed by atoms with Crippen LogP contribution in [0.15, 0.2) is 91.0 Å². The van der Waals surface area contributed by atoms with E-state index in [9.17, 15) is 38.5 Å². The Labute approximate surface area is 651 Å². The van der Waals surface area contributed by atoms with Gasteiger partial charge >= 0.3 is 17.9 Å². The minimum atomic E-state index is -1.04. The van der Waals surface area contributed by atoms with Crippen molar-refractivity contribution in [2.45, 2.75) is 228 Å². The third-order valence-electron chi connectivity index (χ3n) is 23.4. The summed E-state index contributed by atoms with van der Waals surface area (Å²) in [6.45, 7) is 10.2. The molecule has 0 saturated carbocycles. The minimum absolute atomic E-state index is 0.00254. The van der Waals surface area contributed by atoms with Crippen molar-refractivity contribution in [2.24, 2.45) is 0 Å². The smallest absolute Gasteiger partial charge is 0.325 e. The molecule has 6 fully saturated rings. The predicted octanol–water partition coefficient (Wildman–Crippen LogP) is 15.2. The molecule has 3 unspecified atom stereocenters. The van der Waals surface area contributed by atoms with Crippen molar-refractivity contribution in [3.8, 4) is 0 Å². The number of anilines is 3. The fourth-order valence-electron chi connectivity index (χ4n) is 17.5. The van der Waals surface area contributed by atoms with Gasteiger partial charge in [0.1, 0.15) is 53.0 Å². The van der Waals surface area contributed by atoms with Crippen LogP contribution >= 0.6 is 0 Å². The number of rotatable bonds is 30. The van der Waals surface area contributed by atoms with Crippen LogP contribution in [0.5, 0.6) is 0 Å². The number of aryl methyl sites for hydroxylation is 6. The number of halogens is 3. The second-order valence-electron chi connectivity index (χ2n) is 31.3. The molecule has 9 atom stereocenters. The summed E-state index contributed by atoms with van der Waals surface area (Å²) in [4.78, 5) is 57.3. The van der Waals surface area contributed by atoms with Gasteiger partial charge in [0, 0.05) is 121 Å². The summed E-state index contributed by atoms with van der Waals surface area (Å²) in [6, 6.07) is 24.0. The highest BCUT2D eigenvalue weighted by Crippen LogP contribution is 2.42. The van der Waals surface area contributed by atoms with Gasteiger partial charge in [0.2, 0.25) is 0 Å². The number of fused-ring (bicyclic) bond motifs is 3. The molecule has 24 heteroatoms. The number of carboxylic acid groups (broad SMARTS) is 3. The third-order valence-corrected chi connectivity index (χ3v) is 23.4. The highest BCUT2D eigenvalue weighted by atomic mass is 19.1. The maximum absolute atomic E-state index is 15.1. The van der Waals surface area contributed by atoms with Crippen LogP contribution in [0.2, 0.25) is 0 Å². The molecule has 12 heterocycles. The van der Waals surface area contributed by atoms with E-state index < -0.39 is 41.9 Å². The van der Waals surface area contributed by atoms with Gasteiger partial charge in [0.05, 0.1) is 36.6 Å². The Kier molecular flexibility index (Phi) is 30.0.